The van der Waals surface area contributed by atoms with Crippen LogP contribution < -0.4 is 14.8 Å². The van der Waals surface area contributed by atoms with Crippen LogP contribution >= 0.6 is 0 Å². The number of nitrogens with one attached hydrogen (secondary N) is 1. The van der Waals surface area contributed by atoms with E-state index in [1.165, 1.54) is 20.0 Å². The number of carbonyl (C=O) groups excluding carboxylic acids is 2. The maximum absolute atomic E-state index is 13.6. The molecular weight excluding hydrogens is 470 g/mol. The van der Waals surface area contributed by atoms with Gasteiger partial charge in [-0.2, -0.15) is 0 Å². The van der Waals surface area contributed by atoms with Crippen LogP contribution in [0.4, 0.5) is 5.69 Å². The molecule has 4 rings (SSSR count). The van der Waals surface area contributed by atoms with Crippen molar-refractivity contribution in [3.63, 3.8) is 0 Å². The number of nitrogens with zero attached hydrogens (tertiary/aromatic N) is 2. The Morgan fingerprint density at radius 2 is 1.86 bits per heavy atom. The Balaban J connectivity index is 1.61. The minimum Gasteiger partial charge on any atom is -0.496 e. The van der Waals surface area contributed by atoms with Gasteiger partial charge in [0.05, 0.1) is 24.3 Å². The highest BCUT2D eigenvalue weighted by atomic mass is 16.5. The normalized spacial score (nSPS) is 23.3. The van der Waals surface area contributed by atoms with Crippen molar-refractivity contribution in [3.8, 4) is 11.5 Å². The Hall–Kier alpha value is -3.10. The van der Waals surface area contributed by atoms with E-state index < -0.39 is 0 Å². The number of anilines is 1. The van der Waals surface area contributed by atoms with E-state index in [9.17, 15) is 9.59 Å². The average Bonchev–Trinajstić information content (AvgIpc) is 3.73. The summed E-state index contributed by atoms with van der Waals surface area (Å²) in [6.07, 6.45) is 2.48. The number of rotatable bonds is 6. The molecular formula is C29H39N3O5. The Kier molecular flexibility index (Phi) is 8.71. The number of benzene rings is 2. The van der Waals surface area contributed by atoms with Crippen molar-refractivity contribution >= 4 is 17.5 Å². The molecule has 0 bridgehead atoms. The summed E-state index contributed by atoms with van der Waals surface area (Å²) in [6.45, 7) is 7.24. The van der Waals surface area contributed by atoms with Crippen LogP contribution in [0.2, 0.25) is 0 Å². The third kappa shape index (κ3) is 6.62. The minimum atomic E-state index is -0.315. The molecule has 1 aliphatic carbocycles. The topological polar surface area (TPSA) is 80.3 Å². The van der Waals surface area contributed by atoms with Gasteiger partial charge in [-0.15, -0.1) is 0 Å². The van der Waals surface area contributed by atoms with Crippen molar-refractivity contribution in [3.05, 3.63) is 53.6 Å². The molecule has 0 spiro atoms. The zero-order valence-corrected chi connectivity index (χ0v) is 22.5. The van der Waals surface area contributed by atoms with Gasteiger partial charge in [-0.05, 0) is 61.9 Å². The van der Waals surface area contributed by atoms with Crippen LogP contribution in [0.25, 0.3) is 0 Å². The lowest BCUT2D eigenvalue weighted by molar-refractivity contribution is 0.00994. The van der Waals surface area contributed by atoms with E-state index in [1.54, 1.807) is 55.5 Å². The second-order valence-corrected chi connectivity index (χ2v) is 10.4. The molecule has 8 heteroatoms. The molecule has 8 nitrogen and oxygen atoms in total. The summed E-state index contributed by atoms with van der Waals surface area (Å²) in [7, 11) is 5.02. The van der Waals surface area contributed by atoms with Crippen molar-refractivity contribution in [2.75, 3.05) is 52.8 Å². The van der Waals surface area contributed by atoms with E-state index in [-0.39, 0.29) is 29.9 Å². The van der Waals surface area contributed by atoms with Crippen molar-refractivity contribution in [1.82, 2.24) is 9.80 Å². The maximum Gasteiger partial charge on any atom is 0.259 e. The van der Waals surface area contributed by atoms with E-state index >= 15 is 0 Å². The van der Waals surface area contributed by atoms with E-state index in [2.05, 4.69) is 24.1 Å². The molecule has 0 saturated heterocycles. The van der Waals surface area contributed by atoms with Gasteiger partial charge < -0.3 is 24.4 Å². The summed E-state index contributed by atoms with van der Waals surface area (Å²) in [6, 6.07) is 12.4. The first kappa shape index (κ1) is 26.9. The van der Waals surface area contributed by atoms with E-state index in [4.69, 9.17) is 14.2 Å². The summed E-state index contributed by atoms with van der Waals surface area (Å²) in [5.74, 6) is 1.50. The molecule has 1 saturated carbocycles. The van der Waals surface area contributed by atoms with Crippen LogP contribution in [0.3, 0.4) is 0 Å². The van der Waals surface area contributed by atoms with Crippen LogP contribution in [-0.2, 0) is 4.74 Å². The fourth-order valence-electron chi connectivity index (χ4n) is 4.85. The lowest BCUT2D eigenvalue weighted by Gasteiger charge is -2.36. The molecule has 2 aromatic carbocycles. The van der Waals surface area contributed by atoms with E-state index in [0.717, 1.165) is 19.0 Å². The fraction of sp³-hybridized carbons (Fsp3) is 0.517. The highest BCUT2D eigenvalue weighted by Crippen LogP contribution is 2.32. The van der Waals surface area contributed by atoms with Gasteiger partial charge in [0.1, 0.15) is 18.1 Å². The number of amides is 2. The molecule has 1 fully saturated rings. The summed E-state index contributed by atoms with van der Waals surface area (Å²) >= 11 is 0. The van der Waals surface area contributed by atoms with Gasteiger partial charge in [-0.3, -0.25) is 14.5 Å². The number of methoxy groups -OCH3 is 2. The number of carbonyl (C=O) groups is 2. The second kappa shape index (κ2) is 12.0. The van der Waals surface area contributed by atoms with Crippen LogP contribution in [0, 0.1) is 11.8 Å². The smallest absolute Gasteiger partial charge is 0.259 e. The van der Waals surface area contributed by atoms with E-state index in [0.29, 0.717) is 41.5 Å². The summed E-state index contributed by atoms with van der Waals surface area (Å²) < 4.78 is 17.4. The third-order valence-electron chi connectivity index (χ3n) is 7.37. The molecule has 1 aliphatic heterocycles. The maximum atomic E-state index is 13.6. The zero-order chi connectivity index (χ0) is 26.5. The predicted molar refractivity (Wildman–Crippen MR) is 144 cm³/mol. The molecule has 2 aliphatic rings. The SMILES string of the molecule is COc1ccccc1C(=O)Nc1ccc2c(c1)C(=O)N(C)C[C@@H](OC)[C@H](C)CN(CC1CC1)[C@H](C)CO2. The van der Waals surface area contributed by atoms with Gasteiger partial charge >= 0.3 is 0 Å². The first-order valence-electron chi connectivity index (χ1n) is 13.0. The molecule has 200 valence electrons. The van der Waals surface area contributed by atoms with Crippen molar-refractivity contribution in [1.29, 1.82) is 0 Å². The standard InChI is InChI=1S/C29H39N3O5/c1-19-15-32(16-21-10-11-21)20(2)18-37-26-13-12-22(14-24(26)29(34)31(3)17-27(19)36-5)30-28(33)23-8-6-7-9-25(23)35-4/h6-9,12-14,19-21,27H,10-11,15-18H2,1-5H3,(H,30,33)/t19-,20-,27-/m1/s1. The first-order valence-corrected chi connectivity index (χ1v) is 13.0. The number of fused-ring (bicyclic) bond motifs is 1. The lowest BCUT2D eigenvalue weighted by Crippen LogP contribution is -2.47. The average molecular weight is 510 g/mol. The van der Waals surface area contributed by atoms with Gasteiger partial charge in [0.2, 0.25) is 0 Å². The minimum absolute atomic E-state index is 0.0971. The number of likely N-dealkylation sites (N-methyl/N-ethyl adjacent to an activating group) is 1. The highest BCUT2D eigenvalue weighted by Gasteiger charge is 2.31. The highest BCUT2D eigenvalue weighted by molar-refractivity contribution is 6.07. The Labute approximate surface area is 219 Å². The number of para-hydroxylation sites is 1. The zero-order valence-electron chi connectivity index (χ0n) is 22.5. The van der Waals surface area contributed by atoms with Crippen molar-refractivity contribution < 1.29 is 23.8 Å². The molecule has 2 aromatic rings. The van der Waals surface area contributed by atoms with Crippen molar-refractivity contribution in [2.45, 2.75) is 38.8 Å². The van der Waals surface area contributed by atoms with Gasteiger partial charge in [0.15, 0.2) is 0 Å². The Morgan fingerprint density at radius 3 is 2.57 bits per heavy atom. The molecule has 3 atom stereocenters. The Morgan fingerprint density at radius 1 is 1.11 bits per heavy atom. The van der Waals surface area contributed by atoms with Crippen LogP contribution in [0.1, 0.15) is 47.4 Å². The Bertz CT molecular complexity index is 1100. The summed E-state index contributed by atoms with van der Waals surface area (Å²) in [4.78, 5) is 30.7. The molecule has 2 amide bonds. The molecule has 1 heterocycles. The lowest BCUT2D eigenvalue weighted by atomic mass is 10.0. The fourth-order valence-corrected chi connectivity index (χ4v) is 4.85. The van der Waals surface area contributed by atoms with Gasteiger partial charge in [0.25, 0.3) is 11.8 Å². The second-order valence-electron chi connectivity index (χ2n) is 10.4. The number of ether oxygens (including phenoxy) is 3. The first-order chi connectivity index (χ1) is 17.8. The van der Waals surface area contributed by atoms with Crippen LogP contribution in [-0.4, -0.2) is 81.3 Å². The molecule has 0 radical (unpaired) electrons. The summed E-state index contributed by atoms with van der Waals surface area (Å²) in [5, 5.41) is 2.90. The van der Waals surface area contributed by atoms with Gasteiger partial charge in [-0.25, -0.2) is 0 Å². The number of hydrogen-bond acceptors (Lipinski definition) is 6. The van der Waals surface area contributed by atoms with E-state index in [1.807, 2.05) is 6.07 Å². The predicted octanol–water partition coefficient (Wildman–Crippen LogP) is 4.16. The molecule has 0 aromatic heterocycles. The summed E-state index contributed by atoms with van der Waals surface area (Å²) in [5.41, 5.74) is 1.33. The van der Waals surface area contributed by atoms with Gasteiger partial charge in [-0.1, -0.05) is 19.1 Å². The quantitative estimate of drug-likeness (QED) is 0.630. The van der Waals surface area contributed by atoms with Crippen molar-refractivity contribution in [2.24, 2.45) is 11.8 Å². The molecule has 0 unspecified atom stereocenters. The van der Waals surface area contributed by atoms with Gasteiger partial charge in [0, 0.05) is 45.5 Å². The number of hydrogen-bond donors (Lipinski definition) is 1. The molecule has 1 N–H and O–H groups in total. The molecule has 37 heavy (non-hydrogen) atoms. The van der Waals surface area contributed by atoms with Crippen LogP contribution in [0.15, 0.2) is 42.5 Å². The third-order valence-corrected chi connectivity index (χ3v) is 7.37. The largest absolute Gasteiger partial charge is 0.496 e. The van der Waals surface area contributed by atoms with Crippen LogP contribution in [0.5, 0.6) is 11.5 Å². The monoisotopic (exact) mass is 509 g/mol.